The molecule has 0 saturated carbocycles. The number of hydrogen-bond acceptors (Lipinski definition) is 1. The Morgan fingerprint density at radius 1 is 1.00 bits per heavy atom. The molecule has 0 aromatic heterocycles. The molecule has 0 bridgehead atoms. The van der Waals surface area contributed by atoms with Gasteiger partial charge in [0.05, 0.1) is 7.11 Å². The van der Waals surface area contributed by atoms with Crippen molar-refractivity contribution in [3.8, 4) is 16.9 Å². The van der Waals surface area contributed by atoms with Gasteiger partial charge in [-0.15, -0.1) is 0 Å². The molecule has 1 nitrogen and oxygen atoms in total. The number of methoxy groups -OCH3 is 1. The van der Waals surface area contributed by atoms with Crippen molar-refractivity contribution < 1.29 is 9.13 Å². The highest BCUT2D eigenvalue weighted by Gasteiger charge is 2.04. The number of halogens is 1. The largest absolute Gasteiger partial charge is 0.497 e. The maximum absolute atomic E-state index is 13.5. The van der Waals surface area contributed by atoms with Crippen LogP contribution in [0.25, 0.3) is 11.1 Å². The normalized spacial score (nSPS) is 10.0. The molecule has 0 fully saturated rings. The van der Waals surface area contributed by atoms with Crippen molar-refractivity contribution >= 4 is 0 Å². The summed E-state index contributed by atoms with van der Waals surface area (Å²) in [7, 11) is 1.60. The lowest BCUT2D eigenvalue weighted by Crippen LogP contribution is -1.86. The van der Waals surface area contributed by atoms with Crippen LogP contribution in [0.4, 0.5) is 4.39 Å². The molecule has 0 atom stereocenters. The fourth-order valence-corrected chi connectivity index (χ4v) is 1.49. The van der Waals surface area contributed by atoms with Gasteiger partial charge in [0.2, 0.25) is 0 Å². The maximum Gasteiger partial charge on any atom is 0.131 e. The van der Waals surface area contributed by atoms with Gasteiger partial charge in [-0.1, -0.05) is 30.3 Å². The average molecular weight is 202 g/mol. The second-order valence-electron chi connectivity index (χ2n) is 3.21. The summed E-state index contributed by atoms with van der Waals surface area (Å²) in [6, 6.07) is 14.1. The molecule has 0 spiro atoms. The third kappa shape index (κ3) is 1.99. The highest BCUT2D eigenvalue weighted by molar-refractivity contribution is 5.65. The number of ether oxygens (including phenoxy) is 1. The lowest BCUT2D eigenvalue weighted by Gasteiger charge is -2.05. The van der Waals surface area contributed by atoms with E-state index in [0.717, 1.165) is 11.3 Å². The molecule has 0 amide bonds. The highest BCUT2D eigenvalue weighted by Crippen LogP contribution is 2.25. The zero-order valence-corrected chi connectivity index (χ0v) is 8.41. The summed E-state index contributed by atoms with van der Waals surface area (Å²) in [5, 5.41) is 0. The molecule has 2 aromatic carbocycles. The molecule has 0 N–H and O–H groups in total. The summed E-state index contributed by atoms with van der Waals surface area (Å²) in [4.78, 5) is 0. The van der Waals surface area contributed by atoms with Crippen LogP contribution in [-0.4, -0.2) is 7.11 Å². The first-order chi connectivity index (χ1) is 7.31. The van der Waals surface area contributed by atoms with Crippen LogP contribution in [0.3, 0.4) is 0 Å². The fourth-order valence-electron chi connectivity index (χ4n) is 1.49. The minimum absolute atomic E-state index is 0.217. The lowest BCUT2D eigenvalue weighted by atomic mass is 10.1. The Balaban J connectivity index is 2.49. The van der Waals surface area contributed by atoms with Crippen LogP contribution in [0, 0.1) is 5.82 Å². The minimum Gasteiger partial charge on any atom is -0.497 e. The third-order valence-electron chi connectivity index (χ3n) is 2.25. The molecular formula is C13H11FO. The van der Waals surface area contributed by atoms with Crippen molar-refractivity contribution in [2.24, 2.45) is 0 Å². The number of hydrogen-bond donors (Lipinski definition) is 0. The molecule has 0 unspecified atom stereocenters. The van der Waals surface area contributed by atoms with Gasteiger partial charge < -0.3 is 4.74 Å². The van der Waals surface area contributed by atoms with E-state index in [2.05, 4.69) is 0 Å². The van der Waals surface area contributed by atoms with E-state index in [1.54, 1.807) is 19.2 Å². The van der Waals surface area contributed by atoms with Crippen LogP contribution >= 0.6 is 0 Å². The van der Waals surface area contributed by atoms with Crippen molar-refractivity contribution in [1.82, 2.24) is 0 Å². The van der Waals surface area contributed by atoms with Crippen LogP contribution in [0.1, 0.15) is 0 Å². The van der Waals surface area contributed by atoms with Gasteiger partial charge in [0.1, 0.15) is 11.6 Å². The van der Waals surface area contributed by atoms with Crippen LogP contribution in [0.5, 0.6) is 5.75 Å². The zero-order valence-electron chi connectivity index (χ0n) is 8.41. The van der Waals surface area contributed by atoms with Crippen molar-refractivity contribution in [3.05, 3.63) is 54.3 Å². The Morgan fingerprint density at radius 3 is 2.53 bits per heavy atom. The van der Waals surface area contributed by atoms with Gasteiger partial charge in [-0.25, -0.2) is 4.39 Å². The Labute approximate surface area is 88.1 Å². The van der Waals surface area contributed by atoms with Gasteiger partial charge in [-0.2, -0.15) is 0 Å². The highest BCUT2D eigenvalue weighted by atomic mass is 19.1. The van der Waals surface area contributed by atoms with E-state index in [4.69, 9.17) is 4.74 Å². The topological polar surface area (TPSA) is 9.23 Å². The smallest absolute Gasteiger partial charge is 0.131 e. The predicted molar refractivity (Wildman–Crippen MR) is 58.4 cm³/mol. The van der Waals surface area contributed by atoms with Gasteiger partial charge in [0.25, 0.3) is 0 Å². The van der Waals surface area contributed by atoms with Crippen molar-refractivity contribution in [2.45, 2.75) is 0 Å². The first-order valence-electron chi connectivity index (χ1n) is 4.70. The van der Waals surface area contributed by atoms with Gasteiger partial charge in [0.15, 0.2) is 0 Å². The fraction of sp³-hybridized carbons (Fsp3) is 0.0769. The molecule has 0 aliphatic rings. The molecule has 2 aromatic rings. The Hall–Kier alpha value is -1.83. The van der Waals surface area contributed by atoms with Crippen molar-refractivity contribution in [3.63, 3.8) is 0 Å². The summed E-state index contributed by atoms with van der Waals surface area (Å²) in [5.41, 5.74) is 1.42. The first-order valence-corrected chi connectivity index (χ1v) is 4.70. The molecular weight excluding hydrogens is 191 g/mol. The molecule has 0 aliphatic heterocycles. The summed E-state index contributed by atoms with van der Waals surface area (Å²) in [5.74, 6) is 0.515. The van der Waals surface area contributed by atoms with E-state index in [1.807, 2.05) is 30.3 Å². The summed E-state index contributed by atoms with van der Waals surface area (Å²) >= 11 is 0. The standard InChI is InChI=1S/C13H11FO/c1-15-11-6-4-5-10(9-11)12-7-2-3-8-13(12)14/h2-9H,1H3. The van der Waals surface area contributed by atoms with E-state index < -0.39 is 0 Å². The summed E-state index contributed by atoms with van der Waals surface area (Å²) in [6.07, 6.45) is 0. The van der Waals surface area contributed by atoms with Gasteiger partial charge >= 0.3 is 0 Å². The van der Waals surface area contributed by atoms with Crippen LogP contribution < -0.4 is 4.74 Å². The van der Waals surface area contributed by atoms with Crippen LogP contribution in [0.15, 0.2) is 48.5 Å². The zero-order chi connectivity index (χ0) is 10.7. The van der Waals surface area contributed by atoms with E-state index in [-0.39, 0.29) is 5.82 Å². The van der Waals surface area contributed by atoms with Crippen molar-refractivity contribution in [1.29, 1.82) is 0 Å². The third-order valence-corrected chi connectivity index (χ3v) is 2.25. The Kier molecular flexibility index (Phi) is 2.68. The quantitative estimate of drug-likeness (QED) is 0.724. The molecule has 0 radical (unpaired) electrons. The van der Waals surface area contributed by atoms with Crippen LogP contribution in [-0.2, 0) is 0 Å². The van der Waals surface area contributed by atoms with Crippen molar-refractivity contribution in [2.75, 3.05) is 7.11 Å². The SMILES string of the molecule is COc1cccc(-c2ccccc2F)c1. The van der Waals surface area contributed by atoms with Gasteiger partial charge in [0, 0.05) is 5.56 Å². The lowest BCUT2D eigenvalue weighted by molar-refractivity contribution is 0.415. The minimum atomic E-state index is -0.217. The second-order valence-corrected chi connectivity index (χ2v) is 3.21. The second kappa shape index (κ2) is 4.13. The van der Waals surface area contributed by atoms with E-state index >= 15 is 0 Å². The maximum atomic E-state index is 13.5. The van der Waals surface area contributed by atoms with Gasteiger partial charge in [-0.3, -0.25) is 0 Å². The summed E-state index contributed by atoms with van der Waals surface area (Å²) in [6.45, 7) is 0. The molecule has 76 valence electrons. The molecule has 0 aliphatic carbocycles. The number of benzene rings is 2. The van der Waals surface area contributed by atoms with E-state index in [9.17, 15) is 4.39 Å². The van der Waals surface area contributed by atoms with E-state index in [0.29, 0.717) is 5.56 Å². The predicted octanol–water partition coefficient (Wildman–Crippen LogP) is 3.50. The van der Waals surface area contributed by atoms with E-state index in [1.165, 1.54) is 6.07 Å². The Bertz CT molecular complexity index is 466. The molecule has 0 saturated heterocycles. The molecule has 2 heteroatoms. The average Bonchev–Trinajstić information content (AvgIpc) is 2.30. The molecule has 15 heavy (non-hydrogen) atoms. The Morgan fingerprint density at radius 2 is 1.80 bits per heavy atom. The van der Waals surface area contributed by atoms with Gasteiger partial charge in [-0.05, 0) is 23.8 Å². The van der Waals surface area contributed by atoms with Crippen LogP contribution in [0.2, 0.25) is 0 Å². The monoisotopic (exact) mass is 202 g/mol. The molecule has 2 rings (SSSR count). The first kappa shape index (κ1) is 9.71. The molecule has 0 heterocycles. The number of rotatable bonds is 2. The summed E-state index contributed by atoms with van der Waals surface area (Å²) < 4.78 is 18.6.